The lowest BCUT2D eigenvalue weighted by Crippen LogP contribution is -1.92. The molecule has 0 amide bonds. The van der Waals surface area contributed by atoms with E-state index in [-0.39, 0.29) is 29.1 Å². The van der Waals surface area contributed by atoms with Crippen molar-refractivity contribution in [3.63, 3.8) is 0 Å². The van der Waals surface area contributed by atoms with Crippen LogP contribution in [0.2, 0.25) is 0 Å². The molecule has 0 heterocycles. The van der Waals surface area contributed by atoms with Crippen LogP contribution in [0.5, 0.6) is 0 Å². The molecule has 0 atom stereocenters. The zero-order valence-corrected chi connectivity index (χ0v) is 12.7. The second kappa shape index (κ2) is 20.6. The molecule has 0 aliphatic heterocycles. The number of aliphatic carboxylic acids is 2. The maximum Gasteiger partial charge on any atom is 0.330 e. The van der Waals surface area contributed by atoms with Gasteiger partial charge < -0.3 is 20.4 Å². The minimum Gasteiger partial charge on any atom is -0.478 e. The van der Waals surface area contributed by atoms with Gasteiger partial charge >= 0.3 is 11.9 Å². The smallest absolute Gasteiger partial charge is 0.330 e. The maximum absolute atomic E-state index is 9.60. The van der Waals surface area contributed by atoms with Gasteiger partial charge in [0.1, 0.15) is 0 Å². The molecule has 0 bridgehead atoms. The van der Waals surface area contributed by atoms with Gasteiger partial charge in [-0.15, -0.1) is 0 Å². The zero-order valence-electron chi connectivity index (χ0n) is 12.7. The molecule has 0 rings (SSSR count). The second-order valence-electron chi connectivity index (χ2n) is 4.03. The molecule has 4 N–H and O–H groups in total. The molecule has 0 aliphatic rings. The fourth-order valence-electron chi connectivity index (χ4n) is 0.577. The molecule has 6 nitrogen and oxygen atoms in total. The number of hydrogen-bond acceptors (Lipinski definition) is 4. The fraction of sp³-hybridized carbons (Fsp3) is 0.571. The van der Waals surface area contributed by atoms with Crippen molar-refractivity contribution < 1.29 is 34.7 Å². The summed E-state index contributed by atoms with van der Waals surface area (Å²) in [6.07, 6.45) is 3.83. The Morgan fingerprint density at radius 3 is 1.05 bits per heavy atom. The number of carboxylic acid groups (broad SMARTS) is 2. The van der Waals surface area contributed by atoms with Crippen LogP contribution in [0, 0.1) is 0 Å². The molecule has 126 valence electrons. The third-order valence-corrected chi connectivity index (χ3v) is 1.80. The molecule has 0 radical (unpaired) electrons. The highest BCUT2D eigenvalue weighted by molar-refractivity contribution is 5.85. The first kappa shape index (κ1) is 27.6. The van der Waals surface area contributed by atoms with E-state index in [1.54, 1.807) is 0 Å². The summed E-state index contributed by atoms with van der Waals surface area (Å²) < 4.78 is 0. The number of carboxylic acids is 2. The van der Waals surface area contributed by atoms with Crippen LogP contribution in [-0.2, 0) is 9.59 Å². The molecule has 7 heteroatoms. The standard InChI is InChI=1S/C6H14O2.2C4H6O2.FH/c7-5-3-1-2-4-6-8;2*1-3(2)4(5)6;/h7-8H,1-6H2;2*1H2,2H3,(H,5,6);1H. The molecule has 0 saturated heterocycles. The lowest BCUT2D eigenvalue weighted by atomic mass is 10.2. The summed E-state index contributed by atoms with van der Waals surface area (Å²) in [4.78, 5) is 19.2. The van der Waals surface area contributed by atoms with E-state index in [1.165, 1.54) is 13.8 Å². The summed E-state index contributed by atoms with van der Waals surface area (Å²) in [5, 5.41) is 32.4. The van der Waals surface area contributed by atoms with Crippen LogP contribution in [0.15, 0.2) is 24.3 Å². The van der Waals surface area contributed by atoms with E-state index < -0.39 is 11.9 Å². The van der Waals surface area contributed by atoms with E-state index >= 15 is 0 Å². The number of hydrogen-bond donors (Lipinski definition) is 4. The summed E-state index contributed by atoms with van der Waals surface area (Å²) in [6, 6.07) is 0. The molecule has 0 aromatic carbocycles. The van der Waals surface area contributed by atoms with E-state index in [4.69, 9.17) is 20.4 Å². The molecule has 0 aromatic rings. The minimum atomic E-state index is -0.935. The first-order valence-electron chi connectivity index (χ1n) is 6.20. The van der Waals surface area contributed by atoms with E-state index in [0.29, 0.717) is 0 Å². The van der Waals surface area contributed by atoms with Crippen molar-refractivity contribution in [1.29, 1.82) is 0 Å². The SMILES string of the molecule is C=C(C)C(=O)O.C=C(C)C(=O)O.F.OCCCCCCO. The average Bonchev–Trinajstić information content (AvgIpc) is 2.36. The number of rotatable bonds is 7. The third kappa shape index (κ3) is 38.1. The molecular formula is C14H27FO6. The molecular weight excluding hydrogens is 283 g/mol. The number of unbranched alkanes of at least 4 members (excludes halogenated alkanes) is 3. The number of halogens is 1. The van der Waals surface area contributed by atoms with Crippen LogP contribution in [0.4, 0.5) is 4.70 Å². The van der Waals surface area contributed by atoms with Crippen molar-refractivity contribution >= 4 is 11.9 Å². The largest absolute Gasteiger partial charge is 0.478 e. The highest BCUT2D eigenvalue weighted by atomic mass is 19.0. The molecule has 0 fully saturated rings. The quantitative estimate of drug-likeness (QED) is 0.422. The van der Waals surface area contributed by atoms with Gasteiger partial charge in [0, 0.05) is 24.4 Å². The van der Waals surface area contributed by atoms with Crippen molar-refractivity contribution in [2.45, 2.75) is 39.5 Å². The van der Waals surface area contributed by atoms with Gasteiger partial charge in [0.25, 0.3) is 0 Å². The van der Waals surface area contributed by atoms with Gasteiger partial charge in [-0.1, -0.05) is 26.0 Å². The number of aliphatic hydroxyl groups excluding tert-OH is 2. The van der Waals surface area contributed by atoms with Crippen LogP contribution in [-0.4, -0.2) is 45.6 Å². The lowest BCUT2D eigenvalue weighted by molar-refractivity contribution is -0.133. The van der Waals surface area contributed by atoms with Gasteiger partial charge in [0.05, 0.1) is 0 Å². The monoisotopic (exact) mass is 310 g/mol. The van der Waals surface area contributed by atoms with E-state index in [2.05, 4.69) is 13.2 Å². The zero-order chi connectivity index (χ0) is 16.6. The Morgan fingerprint density at radius 2 is 0.952 bits per heavy atom. The summed E-state index contributed by atoms with van der Waals surface area (Å²) in [6.45, 7) is 9.77. The van der Waals surface area contributed by atoms with Crippen LogP contribution in [0.1, 0.15) is 39.5 Å². The number of carbonyl (C=O) groups is 2. The van der Waals surface area contributed by atoms with Gasteiger partial charge in [-0.05, 0) is 26.7 Å². The van der Waals surface area contributed by atoms with E-state index in [0.717, 1.165) is 25.7 Å². The first-order valence-corrected chi connectivity index (χ1v) is 6.20. The molecule has 0 saturated carbocycles. The Labute approximate surface area is 124 Å². The summed E-state index contributed by atoms with van der Waals surface area (Å²) in [7, 11) is 0. The van der Waals surface area contributed by atoms with Crippen LogP contribution < -0.4 is 0 Å². The minimum absolute atomic E-state index is 0. The van der Waals surface area contributed by atoms with Gasteiger partial charge in [-0.25, -0.2) is 9.59 Å². The Bertz CT molecular complexity index is 248. The summed E-state index contributed by atoms with van der Waals surface area (Å²) >= 11 is 0. The first-order chi connectivity index (χ1) is 9.20. The predicted octanol–water partition coefficient (Wildman–Crippen LogP) is 1.98. The van der Waals surface area contributed by atoms with Crippen molar-refractivity contribution in [3.8, 4) is 0 Å². The van der Waals surface area contributed by atoms with Crippen molar-refractivity contribution in [2.75, 3.05) is 13.2 Å². The highest BCUT2D eigenvalue weighted by Crippen LogP contribution is 1.96. The predicted molar refractivity (Wildman–Crippen MR) is 80.0 cm³/mol. The molecule has 21 heavy (non-hydrogen) atoms. The molecule has 0 spiro atoms. The lowest BCUT2D eigenvalue weighted by Gasteiger charge is -1.93. The molecule has 0 aliphatic carbocycles. The van der Waals surface area contributed by atoms with Gasteiger partial charge in [0.15, 0.2) is 0 Å². The Morgan fingerprint density at radius 1 is 0.762 bits per heavy atom. The van der Waals surface area contributed by atoms with Crippen molar-refractivity contribution in [1.82, 2.24) is 0 Å². The van der Waals surface area contributed by atoms with Crippen LogP contribution in [0.3, 0.4) is 0 Å². The Kier molecular flexibility index (Phi) is 27.0. The Balaban J connectivity index is -0.000000102. The molecule has 0 unspecified atom stereocenters. The van der Waals surface area contributed by atoms with Gasteiger partial charge in [-0.3, -0.25) is 4.70 Å². The number of aliphatic hydroxyl groups is 2. The van der Waals surface area contributed by atoms with E-state index in [1.807, 2.05) is 0 Å². The maximum atomic E-state index is 9.60. The Hall–Kier alpha value is -1.73. The molecule has 0 aromatic heterocycles. The third-order valence-electron chi connectivity index (χ3n) is 1.80. The highest BCUT2D eigenvalue weighted by Gasteiger charge is 1.90. The van der Waals surface area contributed by atoms with Gasteiger partial charge in [-0.2, -0.15) is 0 Å². The van der Waals surface area contributed by atoms with Crippen molar-refractivity contribution in [3.05, 3.63) is 24.3 Å². The normalized spacial score (nSPS) is 8.00. The summed E-state index contributed by atoms with van der Waals surface area (Å²) in [5.74, 6) is -1.87. The fourth-order valence-corrected chi connectivity index (χ4v) is 0.577. The van der Waals surface area contributed by atoms with E-state index in [9.17, 15) is 9.59 Å². The van der Waals surface area contributed by atoms with Crippen molar-refractivity contribution in [2.24, 2.45) is 0 Å². The second-order valence-corrected chi connectivity index (χ2v) is 4.03. The topological polar surface area (TPSA) is 115 Å². The van der Waals surface area contributed by atoms with Gasteiger partial charge in [0.2, 0.25) is 0 Å². The van der Waals surface area contributed by atoms with Crippen LogP contribution >= 0.6 is 0 Å². The average molecular weight is 310 g/mol. The summed E-state index contributed by atoms with van der Waals surface area (Å²) in [5.41, 5.74) is 0.352. The van der Waals surface area contributed by atoms with Crippen LogP contribution in [0.25, 0.3) is 0 Å².